The highest BCUT2D eigenvalue weighted by molar-refractivity contribution is 5.81. The highest BCUT2D eigenvalue weighted by Crippen LogP contribution is 2.01. The van der Waals surface area contributed by atoms with Gasteiger partial charge in [-0.15, -0.1) is 0 Å². The Morgan fingerprint density at radius 3 is 2.68 bits per heavy atom. The van der Waals surface area contributed by atoms with Crippen molar-refractivity contribution in [3.05, 3.63) is 16.3 Å². The molecule has 108 valence electrons. The van der Waals surface area contributed by atoms with Crippen molar-refractivity contribution >= 4 is 5.91 Å². The first-order valence-corrected chi connectivity index (χ1v) is 6.59. The molecule has 1 aromatic heterocycles. The van der Waals surface area contributed by atoms with Crippen LogP contribution in [0.5, 0.6) is 0 Å². The average Bonchev–Trinajstić information content (AvgIpc) is 2.71. The minimum absolute atomic E-state index is 0.0207. The fourth-order valence-electron chi connectivity index (χ4n) is 1.94. The van der Waals surface area contributed by atoms with Crippen LogP contribution in [-0.2, 0) is 18.3 Å². The molecule has 7 heteroatoms. The van der Waals surface area contributed by atoms with Gasteiger partial charge in [0.15, 0.2) is 0 Å². The summed E-state index contributed by atoms with van der Waals surface area (Å²) >= 11 is 0. The molecule has 0 saturated carbocycles. The Labute approximate surface area is 113 Å². The molecular formula is C12H23N5O2. The van der Waals surface area contributed by atoms with Gasteiger partial charge in [-0.2, -0.15) is 5.10 Å². The van der Waals surface area contributed by atoms with Gasteiger partial charge in [-0.05, 0) is 20.0 Å². The second-order valence-electron chi connectivity index (χ2n) is 4.54. The van der Waals surface area contributed by atoms with Crippen LogP contribution >= 0.6 is 0 Å². The SMILES string of the molecule is CCC(C(=O)NCCc1n[nH]c(=O)n1C)N(C)CC. The molecule has 1 heterocycles. The number of carbonyl (C=O) groups is 1. The van der Waals surface area contributed by atoms with Gasteiger partial charge in [0, 0.05) is 20.0 Å². The van der Waals surface area contributed by atoms with Crippen LogP contribution in [-0.4, -0.2) is 51.8 Å². The predicted octanol–water partition coefficient (Wildman–Crippen LogP) is -0.503. The number of carbonyl (C=O) groups excluding carboxylic acids is 1. The molecule has 0 spiro atoms. The summed E-state index contributed by atoms with van der Waals surface area (Å²) in [5.41, 5.74) is -0.238. The van der Waals surface area contributed by atoms with Crippen molar-refractivity contribution in [2.75, 3.05) is 20.1 Å². The van der Waals surface area contributed by atoms with Crippen LogP contribution in [0.25, 0.3) is 0 Å². The molecule has 0 saturated heterocycles. The molecule has 1 amide bonds. The summed E-state index contributed by atoms with van der Waals surface area (Å²) in [7, 11) is 3.59. The Morgan fingerprint density at radius 1 is 1.53 bits per heavy atom. The zero-order valence-corrected chi connectivity index (χ0v) is 12.1. The van der Waals surface area contributed by atoms with E-state index in [1.165, 1.54) is 4.57 Å². The first kappa shape index (κ1) is 15.4. The number of aromatic nitrogens is 3. The largest absolute Gasteiger partial charge is 0.354 e. The minimum atomic E-state index is -0.238. The smallest absolute Gasteiger partial charge is 0.343 e. The summed E-state index contributed by atoms with van der Waals surface area (Å²) < 4.78 is 1.45. The average molecular weight is 269 g/mol. The second-order valence-corrected chi connectivity index (χ2v) is 4.54. The van der Waals surface area contributed by atoms with Crippen molar-refractivity contribution in [3.8, 4) is 0 Å². The van der Waals surface area contributed by atoms with Gasteiger partial charge in [-0.25, -0.2) is 9.89 Å². The molecule has 1 unspecified atom stereocenters. The molecule has 0 aliphatic carbocycles. The number of nitrogens with zero attached hydrogens (tertiary/aromatic N) is 3. The molecule has 0 aromatic carbocycles. The molecule has 0 aliphatic heterocycles. The number of hydrogen-bond donors (Lipinski definition) is 2. The van der Waals surface area contributed by atoms with E-state index in [9.17, 15) is 9.59 Å². The Balaban J connectivity index is 2.46. The van der Waals surface area contributed by atoms with Gasteiger partial charge < -0.3 is 5.32 Å². The molecule has 2 N–H and O–H groups in total. The lowest BCUT2D eigenvalue weighted by Gasteiger charge is -2.24. The van der Waals surface area contributed by atoms with E-state index in [4.69, 9.17) is 0 Å². The van der Waals surface area contributed by atoms with E-state index >= 15 is 0 Å². The van der Waals surface area contributed by atoms with Gasteiger partial charge in [0.25, 0.3) is 0 Å². The Bertz CT molecular complexity index is 465. The van der Waals surface area contributed by atoms with Gasteiger partial charge in [-0.1, -0.05) is 13.8 Å². The topological polar surface area (TPSA) is 83.0 Å². The fourth-order valence-corrected chi connectivity index (χ4v) is 1.94. The van der Waals surface area contributed by atoms with Gasteiger partial charge >= 0.3 is 5.69 Å². The van der Waals surface area contributed by atoms with Crippen LogP contribution in [0.3, 0.4) is 0 Å². The highest BCUT2D eigenvalue weighted by Gasteiger charge is 2.19. The lowest BCUT2D eigenvalue weighted by atomic mass is 10.2. The van der Waals surface area contributed by atoms with Gasteiger partial charge in [0.2, 0.25) is 5.91 Å². The van der Waals surface area contributed by atoms with Gasteiger partial charge in [0.1, 0.15) is 5.82 Å². The van der Waals surface area contributed by atoms with Crippen LogP contribution in [0, 0.1) is 0 Å². The Kier molecular flexibility index (Phi) is 5.75. The van der Waals surface area contributed by atoms with Crippen LogP contribution in [0.2, 0.25) is 0 Å². The van der Waals surface area contributed by atoms with Crippen LogP contribution in [0.4, 0.5) is 0 Å². The lowest BCUT2D eigenvalue weighted by Crippen LogP contribution is -2.45. The fraction of sp³-hybridized carbons (Fsp3) is 0.750. The minimum Gasteiger partial charge on any atom is -0.354 e. The maximum atomic E-state index is 12.0. The molecular weight excluding hydrogens is 246 g/mol. The molecule has 1 atom stereocenters. The quantitative estimate of drug-likeness (QED) is 0.699. The number of nitrogens with one attached hydrogen (secondary N) is 2. The predicted molar refractivity (Wildman–Crippen MR) is 72.9 cm³/mol. The van der Waals surface area contributed by atoms with E-state index in [1.807, 2.05) is 25.8 Å². The third kappa shape index (κ3) is 3.92. The van der Waals surface area contributed by atoms with E-state index in [0.717, 1.165) is 13.0 Å². The lowest BCUT2D eigenvalue weighted by molar-refractivity contribution is -0.126. The van der Waals surface area contributed by atoms with Crippen molar-refractivity contribution in [2.24, 2.45) is 7.05 Å². The van der Waals surface area contributed by atoms with Crippen molar-refractivity contribution in [1.29, 1.82) is 0 Å². The summed E-state index contributed by atoms with van der Waals surface area (Å²) in [5.74, 6) is 0.662. The third-order valence-electron chi connectivity index (χ3n) is 3.34. The Hall–Kier alpha value is -1.63. The van der Waals surface area contributed by atoms with Gasteiger partial charge in [-0.3, -0.25) is 14.3 Å². The molecule has 0 radical (unpaired) electrons. The van der Waals surface area contributed by atoms with Crippen molar-refractivity contribution in [3.63, 3.8) is 0 Å². The molecule has 0 fully saturated rings. The first-order chi connectivity index (χ1) is 9.01. The normalized spacial score (nSPS) is 12.7. The standard InChI is InChI=1S/C12H23N5O2/c1-5-9(16(3)6-2)11(18)13-8-7-10-14-15-12(19)17(10)4/h9H,5-8H2,1-4H3,(H,13,18)(H,15,19). The summed E-state index contributed by atoms with van der Waals surface area (Å²) in [6, 6.07) is -0.104. The van der Waals surface area contributed by atoms with Crippen LogP contribution in [0.1, 0.15) is 26.1 Å². The summed E-state index contributed by atoms with van der Waals surface area (Å²) in [6.07, 6.45) is 1.31. The molecule has 7 nitrogen and oxygen atoms in total. The number of rotatable bonds is 7. The van der Waals surface area contributed by atoms with E-state index < -0.39 is 0 Å². The number of likely N-dealkylation sites (N-methyl/N-ethyl adjacent to an activating group) is 1. The zero-order valence-electron chi connectivity index (χ0n) is 12.1. The van der Waals surface area contributed by atoms with E-state index in [1.54, 1.807) is 7.05 Å². The summed E-state index contributed by atoms with van der Waals surface area (Å²) in [6.45, 7) is 5.33. The molecule has 1 aromatic rings. The van der Waals surface area contributed by atoms with E-state index in [2.05, 4.69) is 15.5 Å². The van der Waals surface area contributed by atoms with Crippen molar-refractivity contribution in [1.82, 2.24) is 25.0 Å². The first-order valence-electron chi connectivity index (χ1n) is 6.59. The molecule has 0 bridgehead atoms. The number of amides is 1. The Morgan fingerprint density at radius 2 is 2.21 bits per heavy atom. The van der Waals surface area contributed by atoms with E-state index in [0.29, 0.717) is 18.8 Å². The maximum Gasteiger partial charge on any atom is 0.343 e. The van der Waals surface area contributed by atoms with Crippen molar-refractivity contribution < 1.29 is 4.79 Å². The molecule has 1 rings (SSSR count). The van der Waals surface area contributed by atoms with E-state index in [-0.39, 0.29) is 17.6 Å². The zero-order chi connectivity index (χ0) is 14.4. The monoisotopic (exact) mass is 269 g/mol. The van der Waals surface area contributed by atoms with Crippen LogP contribution < -0.4 is 11.0 Å². The molecule has 19 heavy (non-hydrogen) atoms. The third-order valence-corrected chi connectivity index (χ3v) is 3.34. The summed E-state index contributed by atoms with van der Waals surface area (Å²) in [4.78, 5) is 25.2. The number of H-pyrrole nitrogens is 1. The highest BCUT2D eigenvalue weighted by atomic mass is 16.2. The number of hydrogen-bond acceptors (Lipinski definition) is 4. The van der Waals surface area contributed by atoms with Crippen molar-refractivity contribution in [2.45, 2.75) is 32.7 Å². The second kappa shape index (κ2) is 7.08. The molecule has 0 aliphatic rings. The number of aromatic amines is 1. The summed E-state index contributed by atoms with van der Waals surface area (Å²) in [5, 5.41) is 9.15. The maximum absolute atomic E-state index is 12.0. The van der Waals surface area contributed by atoms with Crippen LogP contribution in [0.15, 0.2) is 4.79 Å². The van der Waals surface area contributed by atoms with Gasteiger partial charge in [0.05, 0.1) is 6.04 Å².